The minimum Gasteiger partial charge on any atom is -0.464 e. The van der Waals surface area contributed by atoms with Crippen LogP contribution in [0.5, 0.6) is 0 Å². The van der Waals surface area contributed by atoms with Crippen molar-refractivity contribution in [1.82, 2.24) is 0 Å². The van der Waals surface area contributed by atoms with Crippen molar-refractivity contribution in [3.05, 3.63) is 0 Å². The van der Waals surface area contributed by atoms with Gasteiger partial charge < -0.3 is 37.3 Å². The summed E-state index contributed by atoms with van der Waals surface area (Å²) in [6, 6.07) is 0. The smallest absolute Gasteiger partial charge is 0.336 e. The standard InChI is InChI=1S/C26H54O9Si2/c1-15-30-23(27)21(34-36(11,12)25(3,4)5)20-18(2)19(31-16-28-9)22(32-17-29-10)24(33-20)35-37(13,14)26(6,7)8/h18-22,24H,15-17H2,1-14H3/t18-,19-,20-,21+,22+,24-/m1/s1. The molecule has 1 saturated heterocycles. The van der Waals surface area contributed by atoms with Crippen molar-refractivity contribution in [2.45, 2.75) is 122 Å². The van der Waals surface area contributed by atoms with E-state index in [4.69, 9.17) is 37.3 Å². The Bertz CT molecular complexity index is 703. The van der Waals surface area contributed by atoms with Gasteiger partial charge in [0.1, 0.15) is 25.8 Å². The van der Waals surface area contributed by atoms with Crippen molar-refractivity contribution in [3.63, 3.8) is 0 Å². The number of methoxy groups -OCH3 is 2. The fraction of sp³-hybridized carbons (Fsp3) is 0.962. The van der Waals surface area contributed by atoms with E-state index in [1.165, 1.54) is 0 Å². The van der Waals surface area contributed by atoms with Crippen LogP contribution in [0.1, 0.15) is 55.4 Å². The molecule has 0 aliphatic carbocycles. The number of rotatable bonds is 13. The van der Waals surface area contributed by atoms with Gasteiger partial charge in [-0.25, -0.2) is 4.79 Å². The maximum atomic E-state index is 13.4. The van der Waals surface area contributed by atoms with Crippen LogP contribution < -0.4 is 0 Å². The van der Waals surface area contributed by atoms with Crippen LogP contribution in [-0.2, 0) is 42.1 Å². The molecule has 37 heavy (non-hydrogen) atoms. The molecule has 1 rings (SSSR count). The summed E-state index contributed by atoms with van der Waals surface area (Å²) >= 11 is 0. The fourth-order valence-electron chi connectivity index (χ4n) is 3.59. The zero-order chi connectivity index (χ0) is 28.8. The highest BCUT2D eigenvalue weighted by atomic mass is 28.4. The van der Waals surface area contributed by atoms with Gasteiger partial charge in [0.05, 0.1) is 12.7 Å². The third kappa shape index (κ3) is 9.07. The van der Waals surface area contributed by atoms with Gasteiger partial charge in [-0.05, 0) is 43.2 Å². The average molecular weight is 567 g/mol. The molecule has 0 saturated carbocycles. The molecule has 1 aliphatic rings. The van der Waals surface area contributed by atoms with Crippen LogP contribution in [0.25, 0.3) is 0 Å². The van der Waals surface area contributed by atoms with Crippen LogP contribution in [0.4, 0.5) is 0 Å². The molecule has 0 spiro atoms. The third-order valence-corrected chi connectivity index (χ3v) is 16.8. The van der Waals surface area contributed by atoms with E-state index in [9.17, 15) is 4.79 Å². The van der Waals surface area contributed by atoms with Crippen LogP contribution in [-0.4, -0.2) is 87.7 Å². The highest BCUT2D eigenvalue weighted by Gasteiger charge is 2.55. The predicted molar refractivity (Wildman–Crippen MR) is 148 cm³/mol. The molecule has 0 aromatic heterocycles. The van der Waals surface area contributed by atoms with Gasteiger partial charge in [0.15, 0.2) is 29.0 Å². The topological polar surface area (TPSA) is 90.9 Å². The van der Waals surface area contributed by atoms with Crippen LogP contribution in [0.2, 0.25) is 36.3 Å². The molecular weight excluding hydrogens is 512 g/mol. The number of esters is 1. The van der Waals surface area contributed by atoms with Gasteiger partial charge in [-0.2, -0.15) is 0 Å². The lowest BCUT2D eigenvalue weighted by Gasteiger charge is -2.50. The summed E-state index contributed by atoms with van der Waals surface area (Å²) in [7, 11) is -1.58. The van der Waals surface area contributed by atoms with Crippen molar-refractivity contribution in [2.75, 3.05) is 34.4 Å². The van der Waals surface area contributed by atoms with Gasteiger partial charge in [-0.15, -0.1) is 0 Å². The van der Waals surface area contributed by atoms with E-state index in [-0.39, 0.29) is 36.2 Å². The van der Waals surface area contributed by atoms with E-state index in [1.807, 2.05) is 6.92 Å². The van der Waals surface area contributed by atoms with E-state index in [0.29, 0.717) is 0 Å². The summed E-state index contributed by atoms with van der Waals surface area (Å²) in [4.78, 5) is 13.4. The van der Waals surface area contributed by atoms with Gasteiger partial charge in [0, 0.05) is 20.1 Å². The molecule has 11 heteroatoms. The Morgan fingerprint density at radius 3 is 1.78 bits per heavy atom. The maximum Gasteiger partial charge on any atom is 0.336 e. The Hall–Kier alpha value is -0.376. The first-order valence-electron chi connectivity index (χ1n) is 13.2. The van der Waals surface area contributed by atoms with E-state index < -0.39 is 53.3 Å². The summed E-state index contributed by atoms with van der Waals surface area (Å²) in [6.07, 6.45) is -3.56. The Morgan fingerprint density at radius 1 is 0.865 bits per heavy atom. The summed E-state index contributed by atoms with van der Waals surface area (Å²) in [5.41, 5.74) is 0. The van der Waals surface area contributed by atoms with Gasteiger partial charge >= 0.3 is 5.97 Å². The van der Waals surface area contributed by atoms with Crippen LogP contribution in [0.3, 0.4) is 0 Å². The average Bonchev–Trinajstić information content (AvgIpc) is 2.75. The Balaban J connectivity index is 3.58. The molecule has 1 fully saturated rings. The molecule has 0 amide bonds. The van der Waals surface area contributed by atoms with Crippen molar-refractivity contribution in [1.29, 1.82) is 0 Å². The monoisotopic (exact) mass is 566 g/mol. The summed E-state index contributed by atoms with van der Waals surface area (Å²) in [5, 5.41) is -0.204. The molecule has 220 valence electrons. The molecule has 0 aromatic carbocycles. The SMILES string of the molecule is CCOC(=O)[C@@H](O[Si](C)(C)C(C)(C)C)[C@@H]1O[C@H](O[Si](C)(C)C(C)(C)C)[C@@H](OCOC)[C@H](OCOC)[C@H]1C. The first-order chi connectivity index (χ1) is 16.8. The number of carbonyl (C=O) groups is 1. The molecule has 6 atom stereocenters. The Morgan fingerprint density at radius 2 is 1.35 bits per heavy atom. The molecule has 1 aliphatic heterocycles. The zero-order valence-corrected chi connectivity index (χ0v) is 27.8. The van der Waals surface area contributed by atoms with E-state index in [2.05, 4.69) is 67.7 Å². The number of hydrogen-bond acceptors (Lipinski definition) is 9. The second kappa shape index (κ2) is 13.8. The molecular formula is C26H54O9Si2. The number of ether oxygens (including phenoxy) is 6. The fourth-order valence-corrected chi connectivity index (χ4v) is 5.93. The predicted octanol–water partition coefficient (Wildman–Crippen LogP) is 5.30. The largest absolute Gasteiger partial charge is 0.464 e. The highest BCUT2D eigenvalue weighted by Crippen LogP contribution is 2.43. The minimum absolute atomic E-state index is 0.0391. The van der Waals surface area contributed by atoms with E-state index >= 15 is 0 Å². The molecule has 0 bridgehead atoms. The molecule has 0 aromatic rings. The summed E-state index contributed by atoms with van der Waals surface area (Å²) in [5.74, 6) is -0.757. The molecule has 9 nitrogen and oxygen atoms in total. The Labute approximate surface area is 227 Å². The second-order valence-corrected chi connectivity index (χ2v) is 22.3. The second-order valence-electron chi connectivity index (χ2n) is 12.8. The van der Waals surface area contributed by atoms with Crippen molar-refractivity contribution < 1.29 is 42.1 Å². The first kappa shape index (κ1) is 34.7. The van der Waals surface area contributed by atoms with Crippen molar-refractivity contribution in [2.24, 2.45) is 5.92 Å². The van der Waals surface area contributed by atoms with Crippen LogP contribution in [0.15, 0.2) is 0 Å². The van der Waals surface area contributed by atoms with E-state index in [1.54, 1.807) is 21.1 Å². The Kier molecular flexibility index (Phi) is 12.9. The minimum atomic E-state index is -2.39. The summed E-state index contributed by atoms with van der Waals surface area (Å²) in [6.45, 7) is 25.5. The van der Waals surface area contributed by atoms with Gasteiger partial charge in [0.2, 0.25) is 0 Å². The lowest BCUT2D eigenvalue weighted by molar-refractivity contribution is -0.308. The van der Waals surface area contributed by atoms with Crippen LogP contribution >= 0.6 is 0 Å². The van der Waals surface area contributed by atoms with E-state index in [0.717, 1.165) is 0 Å². The van der Waals surface area contributed by atoms with Gasteiger partial charge in [-0.1, -0.05) is 48.5 Å². The third-order valence-electron chi connectivity index (χ3n) is 7.94. The van der Waals surface area contributed by atoms with Crippen molar-refractivity contribution in [3.8, 4) is 0 Å². The first-order valence-corrected chi connectivity index (χ1v) is 19.0. The highest BCUT2D eigenvalue weighted by molar-refractivity contribution is 6.74. The van der Waals surface area contributed by atoms with Crippen molar-refractivity contribution >= 4 is 22.6 Å². The normalized spacial score (nSPS) is 26.7. The lowest BCUT2D eigenvalue weighted by Crippen LogP contribution is -2.64. The zero-order valence-electron chi connectivity index (χ0n) is 25.8. The number of carbonyl (C=O) groups excluding carboxylic acids is 1. The lowest BCUT2D eigenvalue weighted by atomic mass is 9.87. The van der Waals surface area contributed by atoms with Gasteiger partial charge in [-0.3, -0.25) is 0 Å². The number of hydrogen-bond donors (Lipinski definition) is 0. The molecule has 1 heterocycles. The quantitative estimate of drug-likeness (QED) is 0.167. The van der Waals surface area contributed by atoms with Gasteiger partial charge in [0.25, 0.3) is 0 Å². The van der Waals surface area contributed by atoms with Crippen LogP contribution in [0, 0.1) is 5.92 Å². The molecule has 0 radical (unpaired) electrons. The molecule has 0 N–H and O–H groups in total. The maximum absolute atomic E-state index is 13.4. The molecule has 0 unspecified atom stereocenters. The summed E-state index contributed by atoms with van der Waals surface area (Å²) < 4.78 is 48.3.